The molecular formula is C68H96N18O17. The van der Waals surface area contributed by atoms with Gasteiger partial charge in [-0.25, -0.2) is 19.6 Å². The molecule has 0 bridgehead atoms. The second-order valence-electron chi connectivity index (χ2n) is 28.0. The monoisotopic (exact) mass is 1440 g/mol. The van der Waals surface area contributed by atoms with Crippen molar-refractivity contribution in [1.29, 1.82) is 0 Å². The maximum Gasteiger partial charge on any atom is 0.329 e. The van der Waals surface area contributed by atoms with E-state index in [0.29, 0.717) is 18.4 Å². The summed E-state index contributed by atoms with van der Waals surface area (Å²) in [6, 6.07) is -7.90. The van der Waals surface area contributed by atoms with E-state index in [0.717, 1.165) is 9.80 Å². The molecule has 2 aromatic rings. The summed E-state index contributed by atoms with van der Waals surface area (Å²) in [6.07, 6.45) is -0.313. The Labute approximate surface area is 595 Å². The fraction of sp³-hybridized carbons (Fsp3) is 0.588. The van der Waals surface area contributed by atoms with Gasteiger partial charge < -0.3 is 81.0 Å². The number of aryl methyl sites for hydroxylation is 1. The molecule has 5 aliphatic heterocycles. The molecule has 0 saturated carbocycles. The van der Waals surface area contributed by atoms with Crippen LogP contribution in [0.4, 0.5) is 11.5 Å². The molecule has 8 rings (SSSR count). The summed E-state index contributed by atoms with van der Waals surface area (Å²) in [4.78, 5) is 216. The number of hydrogen-bond acceptors (Lipinski definition) is 22. The fourth-order valence-electron chi connectivity index (χ4n) is 13.0. The number of carbonyl (C=O) groups is 13. The fourth-order valence-corrected chi connectivity index (χ4v) is 13.0. The van der Waals surface area contributed by atoms with Gasteiger partial charge in [0.25, 0.3) is 17.7 Å². The highest BCUT2D eigenvalue weighted by molar-refractivity contribution is 6.10. The summed E-state index contributed by atoms with van der Waals surface area (Å²) in [5, 5.41) is 19.5. The Bertz CT molecular complexity index is 4030. The average Bonchev–Trinajstić information content (AvgIpc) is 1.51. The Balaban J connectivity index is 0.00000103. The van der Waals surface area contributed by atoms with Crippen molar-refractivity contribution < 1.29 is 76.2 Å². The Kier molecular flexibility index (Phi) is 25.5. The normalized spacial score (nSPS) is 24.3. The van der Waals surface area contributed by atoms with Crippen molar-refractivity contribution >= 4 is 99.5 Å². The molecule has 560 valence electrons. The summed E-state index contributed by atoms with van der Waals surface area (Å²) in [5.41, 5.74) is 8.77. The summed E-state index contributed by atoms with van der Waals surface area (Å²) in [7, 11) is 9.00. The highest BCUT2D eigenvalue weighted by Crippen LogP contribution is 2.35. The molecule has 1 aliphatic carbocycles. The molecule has 10 atom stereocenters. The minimum absolute atomic E-state index is 0.0763. The van der Waals surface area contributed by atoms with E-state index in [9.17, 15) is 57.5 Å². The van der Waals surface area contributed by atoms with Gasteiger partial charge in [0.05, 0.1) is 36.2 Å². The molecule has 35 heteroatoms. The number of carbonyl (C=O) groups excluding carboxylic acids is 13. The molecule has 0 radical (unpaired) electrons. The van der Waals surface area contributed by atoms with Crippen LogP contribution < -0.4 is 38.2 Å². The Morgan fingerprint density at radius 1 is 0.660 bits per heavy atom. The zero-order chi connectivity index (χ0) is 76.8. The van der Waals surface area contributed by atoms with Crippen LogP contribution in [-0.2, 0) is 57.4 Å². The number of esters is 2. The second-order valence-corrected chi connectivity index (χ2v) is 28.0. The number of hydrogen-bond donors (Lipinski definition) is 7. The van der Waals surface area contributed by atoms with Gasteiger partial charge >= 0.3 is 11.9 Å². The lowest BCUT2D eigenvalue weighted by Gasteiger charge is -2.36. The van der Waals surface area contributed by atoms with Crippen molar-refractivity contribution in [2.24, 2.45) is 39.7 Å². The topological polar surface area (TPSA) is 460 Å². The van der Waals surface area contributed by atoms with Gasteiger partial charge in [0.1, 0.15) is 71.8 Å². The number of rotatable bonds is 11. The van der Waals surface area contributed by atoms with E-state index >= 15 is 9.59 Å². The largest absolute Gasteiger partial charge is 0.458 e. The van der Waals surface area contributed by atoms with Gasteiger partial charge in [0, 0.05) is 60.9 Å². The SMILES string of the molecule is CN(C)N=Nc1nc[nH]c1C(N)=O.Cc1c2oc3c(C)ccc(C(=O)NC4C(=O)NC(C(C)C)C(=O)N5CCCC5C(=O)N(C)CC(=O)N(C)C(C(C)C)C(=O)OC4C)c3nc-2c(C(=O)NC2C(=O)NC(C(C)C)C(=O)N3CCCC3C(=O)N(C)CC(=O)N(C)C(C(C)C)C(=O)OC2C)c(N)c1=O. The maximum absolute atomic E-state index is 15.2. The standard InChI is InChI=1S/C62H86N12O16.C6H10N6O/c1-27(2)42-59(84)73-23-17-19-36(73)57(82)69(13)25-38(75)71(15)48(29(5)6)61(86)88-33(11)44(55(80)65-42)67-53(78)35-22-21-31(9)51-46(35)64-47-40(41(63)50(77)32(10)52(47)90-51)54(79)68-45-34(12)89-62(87)49(30(7)8)72(16)39(76)26-70(14)58(83)37-20-18-24-74(37)60(85)43(28(3)4)66-56(45)81;1-12(2)11-10-6-4(5(7)13)8-3-9-6/h21-22,27-30,33-34,36-37,42-45,48-49H,17-20,23-26,63H2,1-16H3,(H,65,80)(H,66,81)(H,67,78)(H,68,79);3H,1-2H3,(H2,7,13)(H,8,9). The molecular weight excluding hydrogens is 1340 g/mol. The first-order chi connectivity index (χ1) is 48.2. The van der Waals surface area contributed by atoms with Gasteiger partial charge in [-0.15, -0.1) is 5.11 Å². The summed E-state index contributed by atoms with van der Waals surface area (Å²) >= 11 is 0. The smallest absolute Gasteiger partial charge is 0.329 e. The number of imidazole rings is 1. The number of H-pyrrole nitrogens is 1. The third kappa shape index (κ3) is 17.3. The van der Waals surface area contributed by atoms with Gasteiger partial charge in [-0.1, -0.05) is 66.7 Å². The molecule has 4 saturated heterocycles. The maximum atomic E-state index is 15.2. The number of likely N-dealkylation sites (N-methyl/N-ethyl adjacent to an activating group) is 4. The average molecular weight is 1440 g/mol. The van der Waals surface area contributed by atoms with Gasteiger partial charge in [-0.2, -0.15) is 0 Å². The number of aromatic amines is 1. The van der Waals surface area contributed by atoms with Crippen LogP contribution in [0.25, 0.3) is 22.6 Å². The number of aromatic nitrogens is 3. The van der Waals surface area contributed by atoms with E-state index in [1.807, 2.05) is 0 Å². The van der Waals surface area contributed by atoms with Crippen LogP contribution in [0.2, 0.25) is 0 Å². The number of benzene rings is 2. The van der Waals surface area contributed by atoms with E-state index in [4.69, 9.17) is 30.3 Å². The van der Waals surface area contributed by atoms with Crippen LogP contribution in [0.15, 0.2) is 38.0 Å². The minimum atomic E-state index is -1.88. The number of nitrogens with zero attached hydrogens (tertiary/aromatic N) is 11. The number of amides is 11. The quantitative estimate of drug-likeness (QED) is 0.0359. The Hall–Kier alpha value is -10.6. The van der Waals surface area contributed by atoms with Crippen LogP contribution in [0.3, 0.4) is 0 Å². The van der Waals surface area contributed by atoms with Crippen LogP contribution >= 0.6 is 0 Å². The number of fused-ring (bicyclic) bond motifs is 4. The first kappa shape index (κ1) is 79.7. The number of primary amides is 1. The van der Waals surface area contributed by atoms with Crippen molar-refractivity contribution in [2.45, 2.75) is 169 Å². The molecule has 1 aromatic carbocycles. The molecule has 6 aliphatic rings. The van der Waals surface area contributed by atoms with Gasteiger partial charge in [0.2, 0.25) is 58.5 Å². The number of nitrogens with two attached hydrogens (primary N) is 2. The summed E-state index contributed by atoms with van der Waals surface area (Å²) < 4.78 is 18.3. The zero-order valence-corrected chi connectivity index (χ0v) is 61.5. The number of ether oxygens (including phenoxy) is 2. The molecule has 1 aromatic heterocycles. The van der Waals surface area contributed by atoms with E-state index in [2.05, 4.69) is 41.6 Å². The van der Waals surface area contributed by atoms with Crippen LogP contribution in [-0.4, -0.2) is 255 Å². The zero-order valence-electron chi connectivity index (χ0n) is 61.5. The molecule has 10 unspecified atom stereocenters. The molecule has 103 heavy (non-hydrogen) atoms. The van der Waals surface area contributed by atoms with E-state index < -0.39 is 197 Å². The van der Waals surface area contributed by atoms with Crippen LogP contribution in [0, 0.1) is 37.5 Å². The number of anilines is 1. The lowest BCUT2D eigenvalue weighted by atomic mass is 9.98. The molecule has 6 heterocycles. The first-order valence-electron chi connectivity index (χ1n) is 34.1. The van der Waals surface area contributed by atoms with Crippen LogP contribution in [0.5, 0.6) is 0 Å². The van der Waals surface area contributed by atoms with Crippen molar-refractivity contribution in [3.05, 3.63) is 56.6 Å². The van der Waals surface area contributed by atoms with Gasteiger partial charge in [-0.05, 0) is 88.7 Å². The number of nitrogen functional groups attached to an aromatic ring is 1. The van der Waals surface area contributed by atoms with Crippen molar-refractivity contribution in [2.75, 3.05) is 74.2 Å². The van der Waals surface area contributed by atoms with Crippen molar-refractivity contribution in [1.82, 2.24) is 70.6 Å². The molecule has 11 amide bonds. The predicted octanol–water partition coefficient (Wildman–Crippen LogP) is 0.795. The van der Waals surface area contributed by atoms with Gasteiger partial charge in [0.15, 0.2) is 17.0 Å². The predicted molar refractivity (Wildman–Crippen MR) is 371 cm³/mol. The molecule has 4 fully saturated rings. The molecule has 0 spiro atoms. The minimum Gasteiger partial charge on any atom is -0.458 e. The van der Waals surface area contributed by atoms with Crippen molar-refractivity contribution in [3.8, 4) is 11.5 Å². The van der Waals surface area contributed by atoms with E-state index in [1.54, 1.807) is 76.4 Å². The lowest BCUT2D eigenvalue weighted by molar-refractivity contribution is -0.163. The molecule has 35 nitrogen and oxygen atoms in total. The first-order valence-corrected chi connectivity index (χ1v) is 34.1. The number of nitrogens with one attached hydrogen (secondary N) is 5. The van der Waals surface area contributed by atoms with Crippen LogP contribution in [0.1, 0.15) is 137 Å². The van der Waals surface area contributed by atoms with Gasteiger partial charge in [-0.3, -0.25) is 62.5 Å². The highest BCUT2D eigenvalue weighted by Gasteiger charge is 2.47. The van der Waals surface area contributed by atoms with E-state index in [-0.39, 0.29) is 65.4 Å². The third-order valence-electron chi connectivity index (χ3n) is 18.7. The Morgan fingerprint density at radius 3 is 1.54 bits per heavy atom. The highest BCUT2D eigenvalue weighted by atomic mass is 16.6. The number of cyclic esters (lactones) is 2. The second kappa shape index (κ2) is 33.0. The van der Waals surface area contributed by atoms with Crippen molar-refractivity contribution in [3.63, 3.8) is 0 Å². The lowest BCUT2D eigenvalue weighted by Crippen LogP contribution is -2.61. The summed E-state index contributed by atoms with van der Waals surface area (Å²) in [6.45, 7) is 18.4. The summed E-state index contributed by atoms with van der Waals surface area (Å²) in [5.74, 6) is -12.8. The van der Waals surface area contributed by atoms with E-state index in [1.165, 1.54) is 92.0 Å². The molecule has 9 N–H and O–H groups in total. The Morgan fingerprint density at radius 2 is 1.12 bits per heavy atom. The third-order valence-corrected chi connectivity index (χ3v) is 18.7.